The van der Waals surface area contributed by atoms with Crippen molar-refractivity contribution in [3.63, 3.8) is 0 Å². The molecule has 2 heterocycles. The van der Waals surface area contributed by atoms with Gasteiger partial charge in [0, 0.05) is 38.4 Å². The first-order valence-corrected chi connectivity index (χ1v) is 8.87. The summed E-state index contributed by atoms with van der Waals surface area (Å²) < 4.78 is 5.18. The summed E-state index contributed by atoms with van der Waals surface area (Å²) in [6.07, 6.45) is 5.34. The van der Waals surface area contributed by atoms with Crippen molar-refractivity contribution in [1.82, 2.24) is 4.90 Å². The Morgan fingerprint density at radius 3 is 2.92 bits per heavy atom. The number of hydrogen-bond donors (Lipinski definition) is 0. The highest BCUT2D eigenvalue weighted by molar-refractivity contribution is 6.01. The number of rotatable bonds is 5. The van der Waals surface area contributed by atoms with E-state index in [0.29, 0.717) is 13.0 Å². The van der Waals surface area contributed by atoms with Crippen LogP contribution in [0, 0.1) is 0 Å². The molecule has 130 valence electrons. The topological polar surface area (TPSA) is 49.9 Å². The molecule has 0 aliphatic carbocycles. The highest BCUT2D eigenvalue weighted by Crippen LogP contribution is 2.28. The molecular weight excluding hydrogens is 304 g/mol. The number of likely N-dealkylation sites (tertiary alicyclic amines) is 1. The highest BCUT2D eigenvalue weighted by atomic mass is 16.5. The molecule has 1 fully saturated rings. The van der Waals surface area contributed by atoms with Gasteiger partial charge < -0.3 is 14.5 Å². The molecule has 2 aliphatic rings. The van der Waals surface area contributed by atoms with Crippen molar-refractivity contribution in [2.75, 3.05) is 31.7 Å². The molecule has 1 atom stereocenters. The number of hydrogen-bond acceptors (Lipinski definition) is 3. The van der Waals surface area contributed by atoms with Crippen LogP contribution in [0.1, 0.15) is 37.7 Å². The van der Waals surface area contributed by atoms with Gasteiger partial charge >= 0.3 is 0 Å². The molecule has 5 heteroatoms. The summed E-state index contributed by atoms with van der Waals surface area (Å²) in [7, 11) is 1.69. The van der Waals surface area contributed by atoms with Crippen LogP contribution >= 0.6 is 0 Å². The van der Waals surface area contributed by atoms with Crippen LogP contribution in [0.3, 0.4) is 0 Å². The van der Waals surface area contributed by atoms with Crippen molar-refractivity contribution in [2.24, 2.45) is 0 Å². The van der Waals surface area contributed by atoms with Crippen molar-refractivity contribution in [1.29, 1.82) is 0 Å². The normalized spacial score (nSPS) is 20.9. The monoisotopic (exact) mass is 330 g/mol. The van der Waals surface area contributed by atoms with Crippen molar-refractivity contribution in [3.05, 3.63) is 29.8 Å². The molecule has 0 spiro atoms. The number of aryl methyl sites for hydroxylation is 1. The smallest absolute Gasteiger partial charge is 0.242 e. The van der Waals surface area contributed by atoms with Crippen LogP contribution < -0.4 is 4.90 Å². The molecule has 1 aromatic carbocycles. The van der Waals surface area contributed by atoms with Crippen LogP contribution in [0.15, 0.2) is 24.3 Å². The zero-order chi connectivity index (χ0) is 16.9. The van der Waals surface area contributed by atoms with Gasteiger partial charge in [0.1, 0.15) is 6.54 Å². The minimum Gasteiger partial charge on any atom is -0.385 e. The SMILES string of the molecule is COCCC1CCCCN1C(=O)CN1C(=O)CCc2ccccc21. The molecule has 5 nitrogen and oxygen atoms in total. The van der Waals surface area contributed by atoms with Gasteiger partial charge in [-0.3, -0.25) is 9.59 Å². The van der Waals surface area contributed by atoms with Crippen molar-refractivity contribution >= 4 is 17.5 Å². The lowest BCUT2D eigenvalue weighted by molar-refractivity contribution is -0.135. The molecule has 0 aromatic heterocycles. The first kappa shape index (κ1) is 17.0. The van der Waals surface area contributed by atoms with Gasteiger partial charge in [0.15, 0.2) is 0 Å². The Morgan fingerprint density at radius 1 is 1.25 bits per heavy atom. The van der Waals surface area contributed by atoms with Crippen molar-refractivity contribution < 1.29 is 14.3 Å². The van der Waals surface area contributed by atoms with Gasteiger partial charge in [-0.2, -0.15) is 0 Å². The fourth-order valence-corrected chi connectivity index (χ4v) is 3.78. The molecular formula is C19H26N2O3. The molecule has 0 N–H and O–H groups in total. The number of anilines is 1. The number of amides is 2. The molecule has 1 saturated heterocycles. The zero-order valence-corrected chi connectivity index (χ0v) is 14.4. The van der Waals surface area contributed by atoms with E-state index in [2.05, 4.69) is 0 Å². The third-order valence-corrected chi connectivity index (χ3v) is 5.09. The van der Waals surface area contributed by atoms with Gasteiger partial charge in [-0.25, -0.2) is 0 Å². The third-order valence-electron chi connectivity index (χ3n) is 5.09. The largest absolute Gasteiger partial charge is 0.385 e. The van der Waals surface area contributed by atoms with E-state index in [-0.39, 0.29) is 24.4 Å². The van der Waals surface area contributed by atoms with Gasteiger partial charge in [0.2, 0.25) is 11.8 Å². The first-order valence-electron chi connectivity index (χ1n) is 8.87. The molecule has 24 heavy (non-hydrogen) atoms. The van der Waals surface area contributed by atoms with Crippen LogP contribution in [0.2, 0.25) is 0 Å². The number of methoxy groups -OCH3 is 1. The second kappa shape index (κ2) is 7.79. The standard InChI is InChI=1S/C19H26N2O3/c1-24-13-11-16-7-4-5-12-20(16)19(23)14-21-17-8-3-2-6-15(17)9-10-18(21)22/h2-3,6,8,16H,4-5,7,9-14H2,1H3. The fourth-order valence-electron chi connectivity index (χ4n) is 3.78. The first-order chi connectivity index (χ1) is 11.7. The second-order valence-corrected chi connectivity index (χ2v) is 6.63. The summed E-state index contributed by atoms with van der Waals surface area (Å²) in [6.45, 7) is 1.61. The molecule has 1 aromatic rings. The Bertz CT molecular complexity index is 602. The Kier molecular flexibility index (Phi) is 5.51. The summed E-state index contributed by atoms with van der Waals surface area (Å²) in [6, 6.07) is 8.14. The lowest BCUT2D eigenvalue weighted by Crippen LogP contribution is -2.50. The number of fused-ring (bicyclic) bond motifs is 1. The van der Waals surface area contributed by atoms with Crippen molar-refractivity contribution in [2.45, 2.75) is 44.6 Å². The maximum absolute atomic E-state index is 12.9. The van der Waals surface area contributed by atoms with E-state index in [0.717, 1.165) is 49.9 Å². The number of carbonyl (C=O) groups is 2. The van der Waals surface area contributed by atoms with Crippen LogP contribution in [-0.2, 0) is 20.7 Å². The number of piperidine rings is 1. The van der Waals surface area contributed by atoms with Gasteiger partial charge in [0.25, 0.3) is 0 Å². The number of ether oxygens (including phenoxy) is 1. The molecule has 0 saturated carbocycles. The molecule has 2 aliphatic heterocycles. The molecule has 0 radical (unpaired) electrons. The lowest BCUT2D eigenvalue weighted by Gasteiger charge is -2.38. The lowest BCUT2D eigenvalue weighted by atomic mass is 9.98. The summed E-state index contributed by atoms with van der Waals surface area (Å²) in [5.74, 6) is 0.105. The van der Waals surface area contributed by atoms with E-state index in [1.807, 2.05) is 29.2 Å². The molecule has 0 bridgehead atoms. The Morgan fingerprint density at radius 2 is 2.08 bits per heavy atom. The summed E-state index contributed by atoms with van der Waals surface area (Å²) in [5.41, 5.74) is 2.05. The maximum atomic E-state index is 12.9. The van der Waals surface area contributed by atoms with E-state index in [1.54, 1.807) is 12.0 Å². The van der Waals surface area contributed by atoms with Crippen LogP contribution in [0.25, 0.3) is 0 Å². The predicted octanol–water partition coefficient (Wildman–Crippen LogP) is 2.38. The molecule has 2 amide bonds. The zero-order valence-electron chi connectivity index (χ0n) is 14.4. The number of carbonyl (C=O) groups excluding carboxylic acids is 2. The Balaban J connectivity index is 1.72. The van der Waals surface area contributed by atoms with Gasteiger partial charge in [0.05, 0.1) is 0 Å². The van der Waals surface area contributed by atoms with E-state index in [1.165, 1.54) is 0 Å². The fraction of sp³-hybridized carbons (Fsp3) is 0.579. The number of nitrogens with zero attached hydrogens (tertiary/aromatic N) is 2. The molecule has 1 unspecified atom stereocenters. The summed E-state index contributed by atoms with van der Waals surface area (Å²) in [5, 5.41) is 0. The Hall–Kier alpha value is -1.88. The predicted molar refractivity (Wildman–Crippen MR) is 93.0 cm³/mol. The summed E-state index contributed by atoms with van der Waals surface area (Å²) in [4.78, 5) is 28.9. The van der Waals surface area contributed by atoms with Crippen LogP contribution in [0.5, 0.6) is 0 Å². The van der Waals surface area contributed by atoms with E-state index in [4.69, 9.17) is 4.74 Å². The summed E-state index contributed by atoms with van der Waals surface area (Å²) >= 11 is 0. The highest BCUT2D eigenvalue weighted by Gasteiger charge is 2.31. The average molecular weight is 330 g/mol. The average Bonchev–Trinajstić information content (AvgIpc) is 2.62. The number of benzene rings is 1. The minimum atomic E-state index is 0.0486. The van der Waals surface area contributed by atoms with Gasteiger partial charge in [-0.15, -0.1) is 0 Å². The Labute approximate surface area is 143 Å². The van der Waals surface area contributed by atoms with Crippen LogP contribution in [0.4, 0.5) is 5.69 Å². The minimum absolute atomic E-state index is 0.0486. The number of para-hydroxylation sites is 1. The van der Waals surface area contributed by atoms with Crippen LogP contribution in [-0.4, -0.2) is 49.6 Å². The third kappa shape index (κ3) is 3.61. The second-order valence-electron chi connectivity index (χ2n) is 6.63. The van der Waals surface area contributed by atoms with Gasteiger partial charge in [-0.05, 0) is 43.7 Å². The van der Waals surface area contributed by atoms with E-state index in [9.17, 15) is 9.59 Å². The van der Waals surface area contributed by atoms with Gasteiger partial charge in [-0.1, -0.05) is 18.2 Å². The quantitative estimate of drug-likeness (QED) is 0.833. The van der Waals surface area contributed by atoms with E-state index >= 15 is 0 Å². The van der Waals surface area contributed by atoms with E-state index < -0.39 is 0 Å². The maximum Gasteiger partial charge on any atom is 0.242 e. The molecule has 3 rings (SSSR count). The van der Waals surface area contributed by atoms with Crippen molar-refractivity contribution in [3.8, 4) is 0 Å².